The number of aromatic nitrogens is 1. The number of benzene rings is 1. The van der Waals surface area contributed by atoms with Gasteiger partial charge in [-0.05, 0) is 24.6 Å². The molecule has 1 nitrogen and oxygen atoms in total. The fourth-order valence-electron chi connectivity index (χ4n) is 1.21. The van der Waals surface area contributed by atoms with Gasteiger partial charge in [-0.3, -0.25) is 0 Å². The molecule has 2 aromatic rings. The molecule has 0 aliphatic rings. The van der Waals surface area contributed by atoms with Crippen molar-refractivity contribution in [2.45, 2.75) is 6.92 Å². The predicted octanol–water partition coefficient (Wildman–Crippen LogP) is 2.62. The van der Waals surface area contributed by atoms with Gasteiger partial charge < -0.3 is 4.98 Å². The minimum atomic E-state index is -0.122. The Labute approximate surface area is 63.9 Å². The molecule has 0 saturated carbocycles. The van der Waals surface area contributed by atoms with Crippen LogP contribution in [0.25, 0.3) is 10.9 Å². The van der Waals surface area contributed by atoms with Crippen LogP contribution in [0.3, 0.4) is 0 Å². The van der Waals surface area contributed by atoms with Gasteiger partial charge in [-0.15, -0.1) is 0 Å². The highest BCUT2D eigenvalue weighted by atomic mass is 19.1. The highest BCUT2D eigenvalue weighted by Gasteiger charge is 2.02. The lowest BCUT2D eigenvalue weighted by Gasteiger charge is -1.95. The van der Waals surface area contributed by atoms with Gasteiger partial charge in [0.15, 0.2) is 0 Å². The van der Waals surface area contributed by atoms with Gasteiger partial charge >= 0.3 is 0 Å². The molecule has 0 unspecified atom stereocenters. The standard InChI is InChI=1S/C9H8FN/c1-6-2-3-8-7(9(6)10)4-5-11-8/h2-5,11H,1H3. The number of fused-ring (bicyclic) bond motifs is 1. The summed E-state index contributed by atoms with van der Waals surface area (Å²) in [5.41, 5.74) is 1.55. The Bertz CT molecular complexity index is 389. The lowest BCUT2D eigenvalue weighted by atomic mass is 10.2. The molecule has 0 fully saturated rings. The Morgan fingerprint density at radius 1 is 1.27 bits per heavy atom. The largest absolute Gasteiger partial charge is 0.361 e. The summed E-state index contributed by atoms with van der Waals surface area (Å²) in [6, 6.07) is 5.40. The minimum absolute atomic E-state index is 0.122. The second kappa shape index (κ2) is 2.09. The van der Waals surface area contributed by atoms with Gasteiger partial charge in [0.25, 0.3) is 0 Å². The van der Waals surface area contributed by atoms with E-state index in [2.05, 4.69) is 4.98 Å². The van der Waals surface area contributed by atoms with Crippen molar-refractivity contribution in [3.63, 3.8) is 0 Å². The third-order valence-corrected chi connectivity index (χ3v) is 1.86. The van der Waals surface area contributed by atoms with Gasteiger partial charge in [0, 0.05) is 17.1 Å². The van der Waals surface area contributed by atoms with E-state index in [-0.39, 0.29) is 5.82 Å². The van der Waals surface area contributed by atoms with E-state index in [1.54, 1.807) is 25.3 Å². The zero-order valence-electron chi connectivity index (χ0n) is 6.19. The highest BCUT2D eigenvalue weighted by molar-refractivity contribution is 5.80. The summed E-state index contributed by atoms with van der Waals surface area (Å²) in [5.74, 6) is -0.122. The average Bonchev–Trinajstić information content (AvgIpc) is 2.45. The molecule has 0 aliphatic heterocycles. The number of hydrogen-bond acceptors (Lipinski definition) is 0. The second-order valence-corrected chi connectivity index (χ2v) is 2.64. The number of aromatic amines is 1. The Kier molecular flexibility index (Phi) is 1.22. The first-order valence-electron chi connectivity index (χ1n) is 3.51. The van der Waals surface area contributed by atoms with E-state index in [1.807, 2.05) is 6.07 Å². The van der Waals surface area contributed by atoms with Crippen LogP contribution in [0, 0.1) is 12.7 Å². The molecule has 1 N–H and O–H groups in total. The molecule has 0 amide bonds. The normalized spacial score (nSPS) is 10.7. The summed E-state index contributed by atoms with van der Waals surface area (Å²) in [7, 11) is 0. The molecule has 0 radical (unpaired) electrons. The topological polar surface area (TPSA) is 15.8 Å². The van der Waals surface area contributed by atoms with E-state index < -0.39 is 0 Å². The van der Waals surface area contributed by atoms with Crippen LogP contribution >= 0.6 is 0 Å². The van der Waals surface area contributed by atoms with Crippen molar-refractivity contribution in [3.8, 4) is 0 Å². The Hall–Kier alpha value is -1.31. The Morgan fingerprint density at radius 2 is 2.09 bits per heavy atom. The molecule has 0 spiro atoms. The number of nitrogens with one attached hydrogen (secondary N) is 1. The second-order valence-electron chi connectivity index (χ2n) is 2.64. The summed E-state index contributed by atoms with van der Waals surface area (Å²) in [6.45, 7) is 1.77. The molecule has 2 rings (SSSR count). The van der Waals surface area contributed by atoms with Crippen LogP contribution in [0.15, 0.2) is 24.4 Å². The molecule has 1 aromatic carbocycles. The summed E-state index contributed by atoms with van der Waals surface area (Å²) >= 11 is 0. The summed E-state index contributed by atoms with van der Waals surface area (Å²) in [4.78, 5) is 2.95. The molecule has 0 bridgehead atoms. The van der Waals surface area contributed by atoms with Crippen molar-refractivity contribution >= 4 is 10.9 Å². The molecule has 1 heterocycles. The number of hydrogen-bond donors (Lipinski definition) is 1. The van der Waals surface area contributed by atoms with Crippen molar-refractivity contribution < 1.29 is 4.39 Å². The number of rotatable bonds is 0. The predicted molar refractivity (Wildman–Crippen MR) is 43.0 cm³/mol. The van der Waals surface area contributed by atoms with Crippen LogP contribution in [0.1, 0.15) is 5.56 Å². The molecular weight excluding hydrogens is 141 g/mol. The summed E-state index contributed by atoms with van der Waals surface area (Å²) in [5, 5.41) is 0.671. The van der Waals surface area contributed by atoms with E-state index in [0.29, 0.717) is 10.9 Å². The van der Waals surface area contributed by atoms with Crippen LogP contribution in [0.5, 0.6) is 0 Å². The van der Waals surface area contributed by atoms with Crippen LogP contribution in [-0.2, 0) is 0 Å². The maximum Gasteiger partial charge on any atom is 0.135 e. The third kappa shape index (κ3) is 0.827. The third-order valence-electron chi connectivity index (χ3n) is 1.86. The van der Waals surface area contributed by atoms with E-state index >= 15 is 0 Å². The van der Waals surface area contributed by atoms with Gasteiger partial charge in [0.05, 0.1) is 0 Å². The van der Waals surface area contributed by atoms with Crippen molar-refractivity contribution in [1.29, 1.82) is 0 Å². The molecule has 1 aromatic heterocycles. The van der Waals surface area contributed by atoms with Gasteiger partial charge in [0.1, 0.15) is 5.82 Å². The number of halogens is 1. The monoisotopic (exact) mass is 149 g/mol. The zero-order valence-corrected chi connectivity index (χ0v) is 6.19. The molecule has 11 heavy (non-hydrogen) atoms. The van der Waals surface area contributed by atoms with Crippen LogP contribution in [0.2, 0.25) is 0 Å². The van der Waals surface area contributed by atoms with Gasteiger partial charge in [-0.1, -0.05) is 6.07 Å². The number of H-pyrrole nitrogens is 1. The summed E-state index contributed by atoms with van der Waals surface area (Å²) < 4.78 is 13.2. The van der Waals surface area contributed by atoms with Crippen molar-refractivity contribution in [1.82, 2.24) is 4.98 Å². The van der Waals surface area contributed by atoms with Gasteiger partial charge in [-0.25, -0.2) is 4.39 Å². The van der Waals surface area contributed by atoms with E-state index in [9.17, 15) is 4.39 Å². The SMILES string of the molecule is Cc1ccc2[nH]ccc2c1F. The highest BCUT2D eigenvalue weighted by Crippen LogP contribution is 2.18. The molecular formula is C9H8FN. The van der Waals surface area contributed by atoms with E-state index in [0.717, 1.165) is 5.52 Å². The van der Waals surface area contributed by atoms with Crippen molar-refractivity contribution in [2.24, 2.45) is 0 Å². The molecule has 0 aliphatic carbocycles. The minimum Gasteiger partial charge on any atom is -0.361 e. The fraction of sp³-hybridized carbons (Fsp3) is 0.111. The molecule has 0 saturated heterocycles. The van der Waals surface area contributed by atoms with Crippen molar-refractivity contribution in [2.75, 3.05) is 0 Å². The molecule has 2 heteroatoms. The van der Waals surface area contributed by atoms with Crippen molar-refractivity contribution in [3.05, 3.63) is 35.8 Å². The first-order chi connectivity index (χ1) is 5.29. The van der Waals surface area contributed by atoms with E-state index in [4.69, 9.17) is 0 Å². The maximum absolute atomic E-state index is 13.2. The Morgan fingerprint density at radius 3 is 2.91 bits per heavy atom. The zero-order chi connectivity index (χ0) is 7.84. The molecule has 56 valence electrons. The smallest absolute Gasteiger partial charge is 0.135 e. The van der Waals surface area contributed by atoms with Crippen LogP contribution in [0.4, 0.5) is 4.39 Å². The lowest BCUT2D eigenvalue weighted by molar-refractivity contribution is 0.631. The van der Waals surface area contributed by atoms with Crippen LogP contribution in [-0.4, -0.2) is 4.98 Å². The quantitative estimate of drug-likeness (QED) is 0.592. The van der Waals surface area contributed by atoms with E-state index in [1.165, 1.54) is 0 Å². The van der Waals surface area contributed by atoms with Gasteiger partial charge in [-0.2, -0.15) is 0 Å². The molecule has 0 atom stereocenters. The Balaban J connectivity index is 2.93. The summed E-state index contributed by atoms with van der Waals surface area (Å²) in [6.07, 6.45) is 1.74. The lowest BCUT2D eigenvalue weighted by Crippen LogP contribution is -1.81. The maximum atomic E-state index is 13.2. The first kappa shape index (κ1) is 6.40. The van der Waals surface area contributed by atoms with Crippen LogP contribution < -0.4 is 0 Å². The van der Waals surface area contributed by atoms with Gasteiger partial charge in [0.2, 0.25) is 0 Å². The fourth-order valence-corrected chi connectivity index (χ4v) is 1.21. The number of aryl methyl sites for hydroxylation is 1. The first-order valence-corrected chi connectivity index (χ1v) is 3.51. The average molecular weight is 149 g/mol.